The van der Waals surface area contributed by atoms with Crippen LogP contribution in [0.3, 0.4) is 0 Å². The van der Waals surface area contributed by atoms with Crippen LogP contribution in [0.2, 0.25) is 0 Å². The number of fused-ring (bicyclic) bond motifs is 1. The van der Waals surface area contributed by atoms with E-state index in [1.165, 1.54) is 19.3 Å². The van der Waals surface area contributed by atoms with Gasteiger partial charge in [0.15, 0.2) is 0 Å². The maximum absolute atomic E-state index is 12.5. The van der Waals surface area contributed by atoms with Gasteiger partial charge in [0.1, 0.15) is 11.6 Å². The van der Waals surface area contributed by atoms with Crippen LogP contribution in [-0.2, 0) is 24.3 Å². The molecular formula is C19H29N5O. The molecule has 0 saturated carbocycles. The summed E-state index contributed by atoms with van der Waals surface area (Å²) < 4.78 is 2.33. The Morgan fingerprint density at radius 2 is 1.96 bits per heavy atom. The molecule has 0 aromatic carbocycles. The van der Waals surface area contributed by atoms with Gasteiger partial charge in [0.05, 0.1) is 6.54 Å². The fourth-order valence-corrected chi connectivity index (χ4v) is 4.24. The number of rotatable bonds is 4. The van der Waals surface area contributed by atoms with Gasteiger partial charge in [-0.2, -0.15) is 0 Å². The Hall–Kier alpha value is -1.69. The SMILES string of the molecule is O=C(C[C@@H]1C=CCC1)N1CCN(Cc2nnc3n2CCCCC3)CC1. The molecule has 1 aromatic heterocycles. The number of piperazine rings is 1. The molecule has 0 spiro atoms. The zero-order valence-corrected chi connectivity index (χ0v) is 15.1. The molecule has 3 aliphatic rings. The molecule has 1 aliphatic carbocycles. The highest BCUT2D eigenvalue weighted by molar-refractivity contribution is 5.76. The second kappa shape index (κ2) is 7.68. The molecule has 2 aliphatic heterocycles. The molecule has 0 N–H and O–H groups in total. The van der Waals surface area contributed by atoms with E-state index >= 15 is 0 Å². The highest BCUT2D eigenvalue weighted by Crippen LogP contribution is 2.22. The van der Waals surface area contributed by atoms with E-state index in [2.05, 4.69) is 31.8 Å². The Bertz CT molecular complexity index is 630. The zero-order valence-electron chi connectivity index (χ0n) is 15.1. The minimum absolute atomic E-state index is 0.326. The molecule has 1 amide bonds. The lowest BCUT2D eigenvalue weighted by Crippen LogP contribution is -2.48. The molecule has 1 fully saturated rings. The van der Waals surface area contributed by atoms with Crippen molar-refractivity contribution in [3.63, 3.8) is 0 Å². The Morgan fingerprint density at radius 3 is 2.76 bits per heavy atom. The van der Waals surface area contributed by atoms with E-state index in [4.69, 9.17) is 0 Å². The number of aromatic nitrogens is 3. The van der Waals surface area contributed by atoms with Crippen LogP contribution in [0.25, 0.3) is 0 Å². The lowest BCUT2D eigenvalue weighted by Gasteiger charge is -2.35. The van der Waals surface area contributed by atoms with Crippen molar-refractivity contribution in [1.29, 1.82) is 0 Å². The number of hydrogen-bond acceptors (Lipinski definition) is 4. The lowest BCUT2D eigenvalue weighted by atomic mass is 10.0. The molecule has 1 saturated heterocycles. The number of nitrogens with zero attached hydrogens (tertiary/aromatic N) is 5. The van der Waals surface area contributed by atoms with E-state index in [0.717, 1.165) is 70.2 Å². The van der Waals surface area contributed by atoms with Crippen LogP contribution in [0, 0.1) is 5.92 Å². The molecule has 1 atom stereocenters. The largest absolute Gasteiger partial charge is 0.340 e. The molecule has 6 nitrogen and oxygen atoms in total. The van der Waals surface area contributed by atoms with E-state index in [9.17, 15) is 4.79 Å². The summed E-state index contributed by atoms with van der Waals surface area (Å²) >= 11 is 0. The molecule has 136 valence electrons. The predicted octanol–water partition coefficient (Wildman–Crippen LogP) is 2.00. The Labute approximate surface area is 149 Å². The summed E-state index contributed by atoms with van der Waals surface area (Å²) in [7, 11) is 0. The monoisotopic (exact) mass is 343 g/mol. The number of carbonyl (C=O) groups is 1. The van der Waals surface area contributed by atoms with Crippen LogP contribution in [0.5, 0.6) is 0 Å². The summed E-state index contributed by atoms with van der Waals surface area (Å²) in [6.07, 6.45) is 12.2. The molecule has 4 rings (SSSR count). The molecule has 6 heteroatoms. The second-order valence-corrected chi connectivity index (χ2v) is 7.62. The van der Waals surface area contributed by atoms with Crippen molar-refractivity contribution in [2.45, 2.75) is 58.0 Å². The van der Waals surface area contributed by atoms with Gasteiger partial charge in [0.25, 0.3) is 0 Å². The molecule has 0 radical (unpaired) electrons. The number of amides is 1. The maximum Gasteiger partial charge on any atom is 0.223 e. The third-order valence-corrected chi connectivity index (χ3v) is 5.83. The van der Waals surface area contributed by atoms with Gasteiger partial charge in [-0.05, 0) is 31.6 Å². The van der Waals surface area contributed by atoms with Gasteiger partial charge in [-0.25, -0.2) is 0 Å². The van der Waals surface area contributed by atoms with E-state index in [-0.39, 0.29) is 0 Å². The molecule has 0 unspecified atom stereocenters. The van der Waals surface area contributed by atoms with Gasteiger partial charge >= 0.3 is 0 Å². The van der Waals surface area contributed by atoms with Gasteiger partial charge in [-0.3, -0.25) is 9.69 Å². The van der Waals surface area contributed by atoms with Crippen molar-refractivity contribution in [2.75, 3.05) is 26.2 Å². The normalized spacial score (nSPS) is 24.3. The Balaban J connectivity index is 1.28. The summed E-state index contributed by atoms with van der Waals surface area (Å²) in [6.45, 7) is 5.49. The van der Waals surface area contributed by atoms with Gasteiger partial charge in [-0.1, -0.05) is 18.6 Å². The van der Waals surface area contributed by atoms with E-state index in [0.29, 0.717) is 18.2 Å². The van der Waals surface area contributed by atoms with Crippen molar-refractivity contribution in [3.05, 3.63) is 23.8 Å². The molecule has 1 aromatic rings. The van der Waals surface area contributed by atoms with Crippen molar-refractivity contribution in [2.24, 2.45) is 5.92 Å². The van der Waals surface area contributed by atoms with Crippen molar-refractivity contribution < 1.29 is 4.79 Å². The van der Waals surface area contributed by atoms with Gasteiger partial charge in [0.2, 0.25) is 5.91 Å². The first-order valence-electron chi connectivity index (χ1n) is 9.87. The quantitative estimate of drug-likeness (QED) is 0.785. The lowest BCUT2D eigenvalue weighted by molar-refractivity contribution is -0.133. The van der Waals surface area contributed by atoms with Crippen molar-refractivity contribution in [1.82, 2.24) is 24.6 Å². The van der Waals surface area contributed by atoms with Crippen LogP contribution in [-0.4, -0.2) is 56.7 Å². The molecule has 0 bridgehead atoms. The Kier molecular flexibility index (Phi) is 5.15. The third kappa shape index (κ3) is 3.94. The van der Waals surface area contributed by atoms with E-state index < -0.39 is 0 Å². The summed E-state index contributed by atoms with van der Waals surface area (Å²) in [5.41, 5.74) is 0. The van der Waals surface area contributed by atoms with Crippen LogP contribution >= 0.6 is 0 Å². The predicted molar refractivity (Wildman–Crippen MR) is 95.9 cm³/mol. The average molecular weight is 343 g/mol. The minimum atomic E-state index is 0.326. The Morgan fingerprint density at radius 1 is 1.08 bits per heavy atom. The first kappa shape index (κ1) is 16.8. The highest BCUT2D eigenvalue weighted by Gasteiger charge is 2.25. The second-order valence-electron chi connectivity index (χ2n) is 7.62. The van der Waals surface area contributed by atoms with Crippen LogP contribution in [0.1, 0.15) is 50.2 Å². The van der Waals surface area contributed by atoms with Gasteiger partial charge in [0, 0.05) is 45.6 Å². The topological polar surface area (TPSA) is 54.3 Å². The minimum Gasteiger partial charge on any atom is -0.340 e. The number of carbonyl (C=O) groups excluding carboxylic acids is 1. The summed E-state index contributed by atoms with van der Waals surface area (Å²) in [4.78, 5) is 16.9. The number of aryl methyl sites for hydroxylation is 1. The smallest absolute Gasteiger partial charge is 0.223 e. The fraction of sp³-hybridized carbons (Fsp3) is 0.737. The van der Waals surface area contributed by atoms with Crippen molar-refractivity contribution in [3.8, 4) is 0 Å². The van der Waals surface area contributed by atoms with Crippen LogP contribution < -0.4 is 0 Å². The van der Waals surface area contributed by atoms with Gasteiger partial charge < -0.3 is 9.47 Å². The standard InChI is InChI=1S/C19H29N5O/c25-19(14-16-6-3-4-7-16)23-12-10-22(11-13-23)15-18-21-20-17-8-2-1-5-9-24(17)18/h3,6,16H,1-2,4-5,7-15H2/t16-/m1/s1. The average Bonchev–Trinajstić information content (AvgIpc) is 3.20. The molecular weight excluding hydrogens is 314 g/mol. The zero-order chi connectivity index (χ0) is 17.1. The summed E-state index contributed by atoms with van der Waals surface area (Å²) in [5.74, 6) is 3.06. The highest BCUT2D eigenvalue weighted by atomic mass is 16.2. The van der Waals surface area contributed by atoms with Crippen LogP contribution in [0.15, 0.2) is 12.2 Å². The van der Waals surface area contributed by atoms with Crippen LogP contribution in [0.4, 0.5) is 0 Å². The first-order chi connectivity index (χ1) is 12.3. The van der Waals surface area contributed by atoms with Gasteiger partial charge in [-0.15, -0.1) is 10.2 Å². The van der Waals surface area contributed by atoms with E-state index in [1.807, 2.05) is 4.90 Å². The molecule has 25 heavy (non-hydrogen) atoms. The summed E-state index contributed by atoms with van der Waals surface area (Å²) in [6, 6.07) is 0. The van der Waals surface area contributed by atoms with Crippen molar-refractivity contribution >= 4 is 5.91 Å². The first-order valence-corrected chi connectivity index (χ1v) is 9.87. The van der Waals surface area contributed by atoms with E-state index in [1.54, 1.807) is 0 Å². The molecule has 3 heterocycles. The summed E-state index contributed by atoms with van der Waals surface area (Å²) in [5, 5.41) is 8.84. The number of hydrogen-bond donors (Lipinski definition) is 0. The fourth-order valence-electron chi connectivity index (χ4n) is 4.24. The maximum atomic E-state index is 12.5. The third-order valence-electron chi connectivity index (χ3n) is 5.83. The number of allylic oxidation sites excluding steroid dienone is 2.